The minimum Gasteiger partial charge on any atom is -0.326 e. The molecule has 6 nitrogen and oxygen atoms in total. The van der Waals surface area contributed by atoms with Gasteiger partial charge in [0.05, 0.1) is 15.6 Å². The molecule has 2 aromatic carbocycles. The Morgan fingerprint density at radius 3 is 2.73 bits per heavy atom. The van der Waals surface area contributed by atoms with E-state index >= 15 is 0 Å². The van der Waals surface area contributed by atoms with Crippen LogP contribution >= 0.6 is 11.6 Å². The van der Waals surface area contributed by atoms with Crippen molar-refractivity contribution in [3.8, 4) is 0 Å². The molecule has 1 amide bonds. The van der Waals surface area contributed by atoms with Crippen molar-refractivity contribution < 1.29 is 13.2 Å². The van der Waals surface area contributed by atoms with Crippen LogP contribution in [0.5, 0.6) is 0 Å². The quantitative estimate of drug-likeness (QED) is 0.703. The van der Waals surface area contributed by atoms with Crippen LogP contribution in [0, 0.1) is 0 Å². The zero-order chi connectivity index (χ0) is 18.6. The van der Waals surface area contributed by atoms with E-state index in [0.717, 1.165) is 19.4 Å². The van der Waals surface area contributed by atoms with Crippen molar-refractivity contribution in [2.75, 3.05) is 16.6 Å². The molecule has 1 aliphatic rings. The number of carbonyl (C=O) groups excluding carboxylic acids is 1. The highest BCUT2D eigenvalue weighted by Crippen LogP contribution is 2.25. The Hall–Kier alpha value is -2.09. The molecule has 1 aliphatic heterocycles. The summed E-state index contributed by atoms with van der Waals surface area (Å²) in [7, 11) is -3.81. The second-order valence-corrected chi connectivity index (χ2v) is 8.25. The Labute approximate surface area is 158 Å². The molecular formula is C18H20ClN3O3S. The lowest BCUT2D eigenvalue weighted by atomic mass is 10.1. The van der Waals surface area contributed by atoms with Crippen LogP contribution in [0.4, 0.5) is 11.4 Å². The molecule has 0 bridgehead atoms. The molecule has 3 N–H and O–H groups in total. The van der Waals surface area contributed by atoms with Crippen LogP contribution in [0.25, 0.3) is 0 Å². The number of hydrogen-bond acceptors (Lipinski definition) is 4. The lowest BCUT2D eigenvalue weighted by Crippen LogP contribution is -2.27. The second-order valence-electron chi connectivity index (χ2n) is 6.16. The molecule has 3 rings (SSSR count). The summed E-state index contributed by atoms with van der Waals surface area (Å²) >= 11 is 6.01. The smallest absolute Gasteiger partial charge is 0.262 e. The van der Waals surface area contributed by atoms with Gasteiger partial charge in [0.1, 0.15) is 0 Å². The summed E-state index contributed by atoms with van der Waals surface area (Å²) in [6, 6.07) is 12.9. The zero-order valence-corrected chi connectivity index (χ0v) is 15.6. The van der Waals surface area contributed by atoms with E-state index in [9.17, 15) is 13.2 Å². The largest absolute Gasteiger partial charge is 0.326 e. The molecule has 0 aliphatic carbocycles. The summed E-state index contributed by atoms with van der Waals surface area (Å²) < 4.78 is 27.6. The first-order valence-corrected chi connectivity index (χ1v) is 10.2. The molecule has 8 heteroatoms. The van der Waals surface area contributed by atoms with Gasteiger partial charge >= 0.3 is 0 Å². The molecule has 2 aromatic rings. The van der Waals surface area contributed by atoms with Crippen molar-refractivity contribution in [3.63, 3.8) is 0 Å². The van der Waals surface area contributed by atoms with Gasteiger partial charge in [-0.05, 0) is 49.7 Å². The van der Waals surface area contributed by atoms with E-state index in [1.54, 1.807) is 36.4 Å². The summed E-state index contributed by atoms with van der Waals surface area (Å²) in [6.45, 7) is 0.930. The van der Waals surface area contributed by atoms with Crippen molar-refractivity contribution in [2.45, 2.75) is 30.2 Å². The Kier molecular flexibility index (Phi) is 5.80. The van der Waals surface area contributed by atoms with Crippen molar-refractivity contribution in [1.82, 2.24) is 5.32 Å². The van der Waals surface area contributed by atoms with Crippen LogP contribution in [-0.4, -0.2) is 26.9 Å². The number of anilines is 2. The minimum atomic E-state index is -3.81. The zero-order valence-electron chi connectivity index (χ0n) is 14.0. The number of benzene rings is 2. The maximum Gasteiger partial charge on any atom is 0.262 e. The molecule has 1 heterocycles. The predicted molar refractivity (Wildman–Crippen MR) is 103 cm³/mol. The lowest BCUT2D eigenvalue weighted by Gasteiger charge is -2.12. The van der Waals surface area contributed by atoms with Gasteiger partial charge in [-0.1, -0.05) is 29.8 Å². The number of carbonyl (C=O) groups is 1. The van der Waals surface area contributed by atoms with Gasteiger partial charge in [-0.25, -0.2) is 8.42 Å². The monoisotopic (exact) mass is 393 g/mol. The molecule has 1 unspecified atom stereocenters. The first-order valence-electron chi connectivity index (χ1n) is 8.35. The first-order chi connectivity index (χ1) is 12.4. The number of rotatable bonds is 6. The summed E-state index contributed by atoms with van der Waals surface area (Å²) in [5, 5.41) is 6.33. The Bertz CT molecular complexity index is 896. The molecule has 138 valence electrons. The third-order valence-corrected chi connectivity index (χ3v) is 5.83. The van der Waals surface area contributed by atoms with Gasteiger partial charge in [0.2, 0.25) is 5.91 Å². The molecule has 1 atom stereocenters. The number of nitrogens with one attached hydrogen (secondary N) is 3. The van der Waals surface area contributed by atoms with Gasteiger partial charge < -0.3 is 10.6 Å². The van der Waals surface area contributed by atoms with Crippen molar-refractivity contribution in [2.24, 2.45) is 0 Å². The van der Waals surface area contributed by atoms with E-state index in [1.807, 2.05) is 0 Å². The summed E-state index contributed by atoms with van der Waals surface area (Å²) in [6.07, 6.45) is 2.41. The van der Waals surface area contributed by atoms with E-state index in [4.69, 9.17) is 11.6 Å². The summed E-state index contributed by atoms with van der Waals surface area (Å²) in [5.41, 5.74) is 0.742. The molecular weight excluding hydrogens is 374 g/mol. The van der Waals surface area contributed by atoms with Gasteiger partial charge in [-0.2, -0.15) is 0 Å². The minimum absolute atomic E-state index is 0.0502. The van der Waals surface area contributed by atoms with Gasteiger partial charge in [-0.3, -0.25) is 9.52 Å². The van der Waals surface area contributed by atoms with E-state index in [-0.39, 0.29) is 16.8 Å². The maximum atomic E-state index is 12.6. The van der Waals surface area contributed by atoms with Crippen LogP contribution in [0.2, 0.25) is 5.02 Å². The van der Waals surface area contributed by atoms with Gasteiger partial charge in [0, 0.05) is 18.2 Å². The fourth-order valence-electron chi connectivity index (χ4n) is 2.86. The van der Waals surface area contributed by atoms with Gasteiger partial charge in [-0.15, -0.1) is 0 Å². The molecule has 0 radical (unpaired) electrons. The number of hydrogen-bond donors (Lipinski definition) is 3. The Balaban J connectivity index is 1.71. The number of para-hydroxylation sites is 1. The van der Waals surface area contributed by atoms with Crippen molar-refractivity contribution in [1.29, 1.82) is 0 Å². The van der Waals surface area contributed by atoms with Gasteiger partial charge in [0.25, 0.3) is 10.0 Å². The Morgan fingerprint density at radius 2 is 2.00 bits per heavy atom. The van der Waals surface area contributed by atoms with E-state index in [2.05, 4.69) is 15.4 Å². The van der Waals surface area contributed by atoms with Crippen molar-refractivity contribution in [3.05, 3.63) is 53.6 Å². The molecule has 1 saturated heterocycles. The highest BCUT2D eigenvalue weighted by atomic mass is 35.5. The average molecular weight is 394 g/mol. The first kappa shape index (κ1) is 18.7. The molecule has 1 fully saturated rings. The highest BCUT2D eigenvalue weighted by Gasteiger charge is 2.19. The second kappa shape index (κ2) is 8.07. The maximum absolute atomic E-state index is 12.6. The number of halogens is 1. The molecule has 0 saturated carbocycles. The average Bonchev–Trinajstić information content (AvgIpc) is 3.10. The third-order valence-electron chi connectivity index (χ3n) is 4.14. The third kappa shape index (κ3) is 4.75. The van der Waals surface area contributed by atoms with E-state index in [0.29, 0.717) is 22.8 Å². The Morgan fingerprint density at radius 1 is 1.19 bits per heavy atom. The highest BCUT2D eigenvalue weighted by molar-refractivity contribution is 7.92. The summed E-state index contributed by atoms with van der Waals surface area (Å²) in [4.78, 5) is 12.2. The fraction of sp³-hybridized carbons (Fsp3) is 0.278. The van der Waals surface area contributed by atoms with E-state index in [1.165, 1.54) is 12.1 Å². The van der Waals surface area contributed by atoms with Gasteiger partial charge in [0.15, 0.2) is 0 Å². The fourth-order valence-corrected chi connectivity index (χ4v) is 4.22. The van der Waals surface area contributed by atoms with Crippen LogP contribution in [0.15, 0.2) is 53.4 Å². The normalized spacial score (nSPS) is 17.0. The van der Waals surface area contributed by atoms with Crippen LogP contribution in [0.3, 0.4) is 0 Å². The van der Waals surface area contributed by atoms with Crippen LogP contribution < -0.4 is 15.4 Å². The SMILES string of the molecule is O=C(CC1CCCN1)Nc1cccc(S(=O)(=O)Nc2ccccc2Cl)c1. The topological polar surface area (TPSA) is 87.3 Å². The molecule has 0 spiro atoms. The number of amides is 1. The lowest BCUT2D eigenvalue weighted by molar-refractivity contribution is -0.116. The molecule has 0 aromatic heterocycles. The number of sulfonamides is 1. The van der Waals surface area contributed by atoms with Crippen LogP contribution in [0.1, 0.15) is 19.3 Å². The standard InChI is InChI=1S/C18H20ClN3O3S/c19-16-8-1-2-9-17(16)22-26(24,25)15-7-3-5-14(11-15)21-18(23)12-13-6-4-10-20-13/h1-3,5,7-9,11,13,20,22H,4,6,10,12H2,(H,21,23). The molecule has 26 heavy (non-hydrogen) atoms. The van der Waals surface area contributed by atoms with E-state index < -0.39 is 10.0 Å². The predicted octanol–water partition coefficient (Wildman–Crippen LogP) is 3.22. The van der Waals surface area contributed by atoms with Crippen LogP contribution in [-0.2, 0) is 14.8 Å². The summed E-state index contributed by atoms with van der Waals surface area (Å²) in [5.74, 6) is -0.141. The van der Waals surface area contributed by atoms with Crippen molar-refractivity contribution >= 4 is 38.9 Å².